The third-order valence-electron chi connectivity index (χ3n) is 2.18. The van der Waals surface area contributed by atoms with Gasteiger partial charge in [-0.1, -0.05) is 11.6 Å². The Morgan fingerprint density at radius 2 is 2.00 bits per heavy atom. The molecule has 0 fully saturated rings. The smallest absolute Gasteiger partial charge is 0.258 e. The molecular weight excluding hydrogens is 282 g/mol. The van der Waals surface area contributed by atoms with Crippen molar-refractivity contribution in [2.45, 2.75) is 25.7 Å². The molecule has 20 heavy (non-hydrogen) atoms. The van der Waals surface area contributed by atoms with Crippen LogP contribution in [0.15, 0.2) is 45.9 Å². The molecule has 108 valence electrons. The van der Waals surface area contributed by atoms with Crippen LogP contribution in [0.1, 0.15) is 20.8 Å². The molecule has 0 radical (unpaired) electrons. The van der Waals surface area contributed by atoms with E-state index in [0.717, 1.165) is 11.6 Å². The summed E-state index contributed by atoms with van der Waals surface area (Å²) in [7, 11) is -3.92. The molecule has 0 aliphatic heterocycles. The lowest BCUT2D eigenvalue weighted by Crippen LogP contribution is -2.19. The van der Waals surface area contributed by atoms with Gasteiger partial charge >= 0.3 is 0 Å². The molecule has 1 aromatic rings. The van der Waals surface area contributed by atoms with Gasteiger partial charge in [0.2, 0.25) is 0 Å². The Bertz CT molecular complexity index is 674. The van der Waals surface area contributed by atoms with E-state index in [0.29, 0.717) is 5.71 Å². The summed E-state index contributed by atoms with van der Waals surface area (Å²) in [6.07, 6.45) is 1.70. The molecule has 1 aromatic carbocycles. The van der Waals surface area contributed by atoms with E-state index in [9.17, 15) is 18.5 Å². The molecule has 0 bridgehead atoms. The lowest BCUT2D eigenvalue weighted by molar-refractivity contribution is -0.385. The second kappa shape index (κ2) is 6.29. The highest BCUT2D eigenvalue weighted by Crippen LogP contribution is 2.17. The van der Waals surface area contributed by atoms with Crippen molar-refractivity contribution < 1.29 is 13.3 Å². The standard InChI is InChI=1S/C12H15N3O4S/c1-9(2)7-10(3)13-14-20(18,19)12-6-4-5-11(8-12)15(16)17/h4-8,14H,1-3H3. The number of nitro benzene ring substituents is 1. The first kappa shape index (κ1) is 15.8. The first-order valence-electron chi connectivity index (χ1n) is 5.68. The number of hydrogen-bond acceptors (Lipinski definition) is 5. The molecule has 0 saturated heterocycles. The van der Waals surface area contributed by atoms with Crippen molar-refractivity contribution in [1.29, 1.82) is 0 Å². The molecule has 1 rings (SSSR count). The van der Waals surface area contributed by atoms with E-state index in [2.05, 4.69) is 5.10 Å². The second-order valence-electron chi connectivity index (χ2n) is 4.32. The Labute approximate surface area is 117 Å². The number of rotatable bonds is 5. The number of nitrogens with one attached hydrogen (secondary N) is 1. The number of hydrogen-bond donors (Lipinski definition) is 1. The third kappa shape index (κ3) is 4.47. The van der Waals surface area contributed by atoms with Crippen LogP contribution in [-0.2, 0) is 10.0 Å². The summed E-state index contributed by atoms with van der Waals surface area (Å²) in [6, 6.07) is 4.77. The summed E-state index contributed by atoms with van der Waals surface area (Å²) in [5, 5.41) is 14.3. The molecule has 1 N–H and O–H groups in total. The normalized spacial score (nSPS) is 11.8. The van der Waals surface area contributed by atoms with Crippen LogP contribution in [0.25, 0.3) is 0 Å². The van der Waals surface area contributed by atoms with Crippen LogP contribution < -0.4 is 4.83 Å². The van der Waals surface area contributed by atoms with Crippen LogP contribution in [0.5, 0.6) is 0 Å². The monoisotopic (exact) mass is 297 g/mol. The summed E-state index contributed by atoms with van der Waals surface area (Å²) < 4.78 is 23.9. The number of sulfonamides is 1. The zero-order valence-electron chi connectivity index (χ0n) is 11.3. The fraction of sp³-hybridized carbons (Fsp3) is 0.250. The Morgan fingerprint density at radius 3 is 2.55 bits per heavy atom. The Balaban J connectivity index is 3.03. The van der Waals surface area contributed by atoms with Crippen molar-refractivity contribution in [2.75, 3.05) is 0 Å². The molecule has 0 aliphatic rings. The van der Waals surface area contributed by atoms with E-state index in [1.165, 1.54) is 18.2 Å². The minimum absolute atomic E-state index is 0.208. The van der Waals surface area contributed by atoms with Crippen molar-refractivity contribution in [3.8, 4) is 0 Å². The van der Waals surface area contributed by atoms with Gasteiger partial charge in [0.25, 0.3) is 15.7 Å². The van der Waals surface area contributed by atoms with Crippen molar-refractivity contribution >= 4 is 21.4 Å². The van der Waals surface area contributed by atoms with Gasteiger partial charge < -0.3 is 0 Å². The van der Waals surface area contributed by atoms with Crippen molar-refractivity contribution in [2.24, 2.45) is 5.10 Å². The number of hydrazone groups is 1. The van der Waals surface area contributed by atoms with E-state index < -0.39 is 14.9 Å². The number of allylic oxidation sites excluding steroid dienone is 2. The van der Waals surface area contributed by atoms with Crippen molar-refractivity contribution in [3.63, 3.8) is 0 Å². The van der Waals surface area contributed by atoms with Crippen LogP contribution in [0, 0.1) is 10.1 Å². The number of benzene rings is 1. The van der Waals surface area contributed by atoms with Gasteiger partial charge in [-0.3, -0.25) is 10.1 Å². The van der Waals surface area contributed by atoms with Crippen LogP contribution in [0.2, 0.25) is 0 Å². The first-order chi connectivity index (χ1) is 9.22. The molecule has 0 aromatic heterocycles. The zero-order valence-corrected chi connectivity index (χ0v) is 12.1. The zero-order chi connectivity index (χ0) is 15.3. The lowest BCUT2D eigenvalue weighted by Gasteiger charge is -2.04. The quantitative estimate of drug-likeness (QED) is 0.511. The maximum Gasteiger partial charge on any atom is 0.276 e. The van der Waals surface area contributed by atoms with E-state index in [4.69, 9.17) is 0 Å². The van der Waals surface area contributed by atoms with Gasteiger partial charge in [-0.15, -0.1) is 0 Å². The average molecular weight is 297 g/mol. The summed E-state index contributed by atoms with van der Waals surface area (Å²) in [5.41, 5.74) is 1.16. The van der Waals surface area contributed by atoms with E-state index >= 15 is 0 Å². The molecule has 0 heterocycles. The van der Waals surface area contributed by atoms with Crippen LogP contribution in [-0.4, -0.2) is 19.1 Å². The Kier molecular flexibility index (Phi) is 4.98. The fourth-order valence-electron chi connectivity index (χ4n) is 1.40. The number of non-ortho nitro benzene ring substituents is 1. The molecule has 0 aliphatic carbocycles. The predicted octanol–water partition coefficient (Wildman–Crippen LogP) is 2.22. The van der Waals surface area contributed by atoms with Gasteiger partial charge in [0.05, 0.1) is 15.5 Å². The van der Waals surface area contributed by atoms with Gasteiger partial charge in [0.1, 0.15) is 0 Å². The van der Waals surface area contributed by atoms with Crippen molar-refractivity contribution in [1.82, 2.24) is 4.83 Å². The van der Waals surface area contributed by atoms with Gasteiger partial charge in [-0.25, -0.2) is 0 Å². The third-order valence-corrected chi connectivity index (χ3v) is 3.38. The van der Waals surface area contributed by atoms with Gasteiger partial charge in [0, 0.05) is 12.1 Å². The molecule has 0 atom stereocenters. The molecule has 0 unspecified atom stereocenters. The van der Waals surface area contributed by atoms with Gasteiger partial charge in [0.15, 0.2) is 0 Å². The molecule has 7 nitrogen and oxygen atoms in total. The topological polar surface area (TPSA) is 102 Å². The van der Waals surface area contributed by atoms with Gasteiger partial charge in [-0.05, 0) is 32.9 Å². The Morgan fingerprint density at radius 1 is 1.35 bits per heavy atom. The highest BCUT2D eigenvalue weighted by Gasteiger charge is 2.16. The second-order valence-corrected chi connectivity index (χ2v) is 5.98. The number of nitrogens with zero attached hydrogens (tertiary/aromatic N) is 2. The summed E-state index contributed by atoms with van der Waals surface area (Å²) in [4.78, 5) is 11.8. The molecule has 0 amide bonds. The maximum absolute atomic E-state index is 11.9. The largest absolute Gasteiger partial charge is 0.276 e. The molecular formula is C12H15N3O4S. The van der Waals surface area contributed by atoms with E-state index in [-0.39, 0.29) is 10.6 Å². The predicted molar refractivity (Wildman–Crippen MR) is 76.0 cm³/mol. The minimum atomic E-state index is -3.92. The first-order valence-corrected chi connectivity index (χ1v) is 7.16. The molecule has 8 heteroatoms. The van der Waals surface area contributed by atoms with E-state index in [1.54, 1.807) is 13.0 Å². The van der Waals surface area contributed by atoms with Gasteiger partial charge in [-0.2, -0.15) is 18.4 Å². The van der Waals surface area contributed by atoms with Crippen LogP contribution in [0.3, 0.4) is 0 Å². The van der Waals surface area contributed by atoms with Crippen molar-refractivity contribution in [3.05, 3.63) is 46.0 Å². The lowest BCUT2D eigenvalue weighted by atomic mass is 10.3. The molecule has 0 spiro atoms. The summed E-state index contributed by atoms with van der Waals surface area (Å²) in [6.45, 7) is 5.35. The fourth-order valence-corrected chi connectivity index (χ4v) is 2.30. The van der Waals surface area contributed by atoms with Crippen LogP contribution >= 0.6 is 0 Å². The SMILES string of the molecule is CC(C)=CC(C)=NNS(=O)(=O)c1cccc([N+](=O)[O-])c1. The highest BCUT2D eigenvalue weighted by molar-refractivity contribution is 7.89. The Hall–Kier alpha value is -2.22. The number of nitro groups is 1. The summed E-state index contributed by atoms with van der Waals surface area (Å²) >= 11 is 0. The van der Waals surface area contributed by atoms with E-state index in [1.807, 2.05) is 18.7 Å². The highest BCUT2D eigenvalue weighted by atomic mass is 32.2. The summed E-state index contributed by atoms with van der Waals surface area (Å²) in [5.74, 6) is 0. The molecule has 0 saturated carbocycles. The average Bonchev–Trinajstić information content (AvgIpc) is 2.36. The maximum atomic E-state index is 11.9. The minimum Gasteiger partial charge on any atom is -0.258 e. The van der Waals surface area contributed by atoms with Crippen LogP contribution in [0.4, 0.5) is 5.69 Å².